The molecule has 1 aromatic carbocycles. The van der Waals surface area contributed by atoms with E-state index in [0.29, 0.717) is 0 Å². The van der Waals surface area contributed by atoms with Crippen LogP contribution in [0.15, 0.2) is 48.4 Å². The van der Waals surface area contributed by atoms with Crippen LogP contribution in [0.3, 0.4) is 0 Å². The number of rotatable bonds is 4. The molecule has 2 N–H and O–H groups in total. The van der Waals surface area contributed by atoms with E-state index in [2.05, 4.69) is 22.9 Å². The van der Waals surface area contributed by atoms with Crippen LogP contribution < -0.4 is 15.5 Å². The first-order chi connectivity index (χ1) is 8.28. The molecule has 0 spiro atoms. The maximum Gasteiger partial charge on any atom is 0.118 e. The molecule has 0 unspecified atom stereocenters. The molecule has 1 aromatic rings. The molecule has 0 amide bonds. The molecule has 1 heterocycles. The number of hydrogen-bond donors (Lipinski definition) is 2. The van der Waals surface area contributed by atoms with Crippen LogP contribution in [0.2, 0.25) is 0 Å². The van der Waals surface area contributed by atoms with Gasteiger partial charge in [0.1, 0.15) is 11.6 Å². The fourth-order valence-corrected chi connectivity index (χ4v) is 1.57. The van der Waals surface area contributed by atoms with Crippen LogP contribution in [-0.2, 0) is 6.54 Å². The zero-order chi connectivity index (χ0) is 12.1. The molecule has 0 bridgehead atoms. The number of nitrogens with zero attached hydrogens (tertiary/aromatic N) is 1. The van der Waals surface area contributed by atoms with Gasteiger partial charge in [0.2, 0.25) is 0 Å². The van der Waals surface area contributed by atoms with E-state index < -0.39 is 0 Å². The third kappa shape index (κ3) is 3.17. The molecule has 0 aliphatic carbocycles. The van der Waals surface area contributed by atoms with Crippen molar-refractivity contribution in [2.75, 3.05) is 14.2 Å². The standard InChI is InChI=1S/C13H17N3O/c1-16-9-3-4-13(15-16)14-10-11-5-7-12(17-2)8-6-11/h3-9,14-15H,10H2,1-2H3. The highest BCUT2D eigenvalue weighted by atomic mass is 16.5. The smallest absolute Gasteiger partial charge is 0.118 e. The molecule has 1 aliphatic heterocycles. The summed E-state index contributed by atoms with van der Waals surface area (Å²) in [6.45, 7) is 0.782. The second-order valence-electron chi connectivity index (χ2n) is 3.85. The minimum Gasteiger partial charge on any atom is -0.497 e. The molecule has 0 saturated heterocycles. The molecule has 2 rings (SSSR count). The molecule has 0 atom stereocenters. The Hall–Kier alpha value is -2.10. The number of benzene rings is 1. The van der Waals surface area contributed by atoms with Crippen molar-refractivity contribution in [1.82, 2.24) is 15.8 Å². The molecule has 17 heavy (non-hydrogen) atoms. The predicted molar refractivity (Wildman–Crippen MR) is 68.0 cm³/mol. The van der Waals surface area contributed by atoms with Gasteiger partial charge < -0.3 is 10.1 Å². The third-order valence-corrected chi connectivity index (χ3v) is 2.51. The van der Waals surface area contributed by atoms with E-state index in [9.17, 15) is 0 Å². The first-order valence-electron chi connectivity index (χ1n) is 5.53. The number of hydrogen-bond acceptors (Lipinski definition) is 4. The van der Waals surface area contributed by atoms with E-state index in [-0.39, 0.29) is 0 Å². The minimum absolute atomic E-state index is 0.782. The van der Waals surface area contributed by atoms with Gasteiger partial charge in [-0.2, -0.15) is 0 Å². The first kappa shape index (κ1) is 11.4. The summed E-state index contributed by atoms with van der Waals surface area (Å²) in [6, 6.07) is 8.03. The van der Waals surface area contributed by atoms with Crippen molar-refractivity contribution < 1.29 is 4.74 Å². The van der Waals surface area contributed by atoms with E-state index in [1.165, 1.54) is 5.56 Å². The van der Waals surface area contributed by atoms with E-state index in [1.807, 2.05) is 42.5 Å². The van der Waals surface area contributed by atoms with Crippen LogP contribution in [0.1, 0.15) is 5.56 Å². The van der Waals surface area contributed by atoms with Crippen LogP contribution >= 0.6 is 0 Å². The summed E-state index contributed by atoms with van der Waals surface area (Å²) >= 11 is 0. The lowest BCUT2D eigenvalue weighted by molar-refractivity contribution is 0.348. The van der Waals surface area contributed by atoms with Gasteiger partial charge in [-0.15, -0.1) is 0 Å². The van der Waals surface area contributed by atoms with Crippen molar-refractivity contribution in [2.45, 2.75) is 6.54 Å². The maximum absolute atomic E-state index is 5.12. The highest BCUT2D eigenvalue weighted by Gasteiger charge is 2.01. The summed E-state index contributed by atoms with van der Waals surface area (Å²) in [4.78, 5) is 0. The van der Waals surface area contributed by atoms with Gasteiger partial charge in [0, 0.05) is 19.8 Å². The fraction of sp³-hybridized carbons (Fsp3) is 0.231. The van der Waals surface area contributed by atoms with Gasteiger partial charge in [0.15, 0.2) is 0 Å². The molecule has 90 valence electrons. The van der Waals surface area contributed by atoms with Crippen molar-refractivity contribution in [3.05, 3.63) is 54.0 Å². The quantitative estimate of drug-likeness (QED) is 0.825. The summed E-state index contributed by atoms with van der Waals surface area (Å²) in [5, 5.41) is 5.22. The lowest BCUT2D eigenvalue weighted by atomic mass is 10.2. The number of methoxy groups -OCH3 is 1. The van der Waals surface area contributed by atoms with E-state index >= 15 is 0 Å². The van der Waals surface area contributed by atoms with Crippen LogP contribution in [0, 0.1) is 0 Å². The van der Waals surface area contributed by atoms with E-state index in [1.54, 1.807) is 7.11 Å². The summed E-state index contributed by atoms with van der Waals surface area (Å²) < 4.78 is 5.12. The van der Waals surface area contributed by atoms with Gasteiger partial charge in [-0.05, 0) is 29.8 Å². The van der Waals surface area contributed by atoms with Crippen LogP contribution in [0.25, 0.3) is 0 Å². The summed E-state index contributed by atoms with van der Waals surface area (Å²) in [6.07, 6.45) is 5.95. The number of nitrogens with one attached hydrogen (secondary N) is 2. The Bertz CT molecular complexity index is 423. The Morgan fingerprint density at radius 3 is 2.71 bits per heavy atom. The number of allylic oxidation sites excluding steroid dienone is 2. The summed E-state index contributed by atoms with van der Waals surface area (Å²) in [5.41, 5.74) is 4.39. The average molecular weight is 231 g/mol. The molecule has 0 aromatic heterocycles. The van der Waals surface area contributed by atoms with E-state index in [0.717, 1.165) is 18.1 Å². The molecular weight excluding hydrogens is 214 g/mol. The Balaban J connectivity index is 1.89. The van der Waals surface area contributed by atoms with Crippen LogP contribution in [0.4, 0.5) is 0 Å². The zero-order valence-corrected chi connectivity index (χ0v) is 10.1. The molecular formula is C13H17N3O. The second-order valence-corrected chi connectivity index (χ2v) is 3.85. The van der Waals surface area contributed by atoms with E-state index in [4.69, 9.17) is 4.74 Å². The molecule has 4 heteroatoms. The molecule has 4 nitrogen and oxygen atoms in total. The average Bonchev–Trinajstić information content (AvgIpc) is 2.37. The Labute approximate surface area is 102 Å². The fourth-order valence-electron chi connectivity index (χ4n) is 1.57. The van der Waals surface area contributed by atoms with Gasteiger partial charge in [0.25, 0.3) is 0 Å². The van der Waals surface area contributed by atoms with Crippen molar-refractivity contribution in [1.29, 1.82) is 0 Å². The number of hydrazine groups is 1. The maximum atomic E-state index is 5.12. The summed E-state index contributed by atoms with van der Waals surface area (Å²) in [7, 11) is 3.63. The van der Waals surface area contributed by atoms with Crippen molar-refractivity contribution in [3.8, 4) is 5.75 Å². The van der Waals surface area contributed by atoms with Gasteiger partial charge in [0.05, 0.1) is 7.11 Å². The lowest BCUT2D eigenvalue weighted by Crippen LogP contribution is -2.36. The first-order valence-corrected chi connectivity index (χ1v) is 5.53. The molecule has 0 fully saturated rings. The largest absolute Gasteiger partial charge is 0.497 e. The van der Waals surface area contributed by atoms with Gasteiger partial charge in [-0.25, -0.2) is 0 Å². The highest BCUT2D eigenvalue weighted by molar-refractivity contribution is 5.27. The molecule has 0 radical (unpaired) electrons. The summed E-state index contributed by atoms with van der Waals surface area (Å²) in [5.74, 6) is 1.87. The lowest BCUT2D eigenvalue weighted by Gasteiger charge is -2.23. The normalized spacial score (nSPS) is 14.0. The molecule has 0 saturated carbocycles. The van der Waals surface area contributed by atoms with Crippen LogP contribution in [0.5, 0.6) is 5.75 Å². The minimum atomic E-state index is 0.782. The Morgan fingerprint density at radius 1 is 1.29 bits per heavy atom. The highest BCUT2D eigenvalue weighted by Crippen LogP contribution is 2.11. The Morgan fingerprint density at radius 2 is 2.06 bits per heavy atom. The van der Waals surface area contributed by atoms with Gasteiger partial charge in [-0.1, -0.05) is 12.1 Å². The van der Waals surface area contributed by atoms with Crippen LogP contribution in [-0.4, -0.2) is 19.2 Å². The number of ether oxygens (including phenoxy) is 1. The topological polar surface area (TPSA) is 36.5 Å². The van der Waals surface area contributed by atoms with Crippen molar-refractivity contribution in [3.63, 3.8) is 0 Å². The van der Waals surface area contributed by atoms with Crippen molar-refractivity contribution in [2.24, 2.45) is 0 Å². The SMILES string of the molecule is COc1ccc(CNC2=CC=CN(C)N2)cc1. The molecule has 1 aliphatic rings. The van der Waals surface area contributed by atoms with Gasteiger partial charge in [-0.3, -0.25) is 10.4 Å². The monoisotopic (exact) mass is 231 g/mol. The Kier molecular flexibility index (Phi) is 3.55. The van der Waals surface area contributed by atoms with Gasteiger partial charge >= 0.3 is 0 Å². The third-order valence-electron chi connectivity index (χ3n) is 2.51. The zero-order valence-electron chi connectivity index (χ0n) is 10.1. The predicted octanol–water partition coefficient (Wildman–Crippen LogP) is 1.59. The second kappa shape index (κ2) is 5.30. The van der Waals surface area contributed by atoms with Crippen molar-refractivity contribution >= 4 is 0 Å².